The monoisotopic (exact) mass is 360 g/mol. The molecule has 0 saturated carbocycles. The predicted molar refractivity (Wildman–Crippen MR) is 98.7 cm³/mol. The van der Waals surface area contributed by atoms with Gasteiger partial charge in [0.15, 0.2) is 0 Å². The quantitative estimate of drug-likeness (QED) is 0.722. The summed E-state index contributed by atoms with van der Waals surface area (Å²) in [5.41, 5.74) is 1.82. The van der Waals surface area contributed by atoms with Crippen LogP contribution in [0.25, 0.3) is 0 Å². The Hall–Kier alpha value is -2.44. The molecule has 2 atom stereocenters. The number of carbonyl (C=O) groups excluding carboxylic acids is 1. The third kappa shape index (κ3) is 5.82. The van der Waals surface area contributed by atoms with E-state index in [1.165, 1.54) is 12.1 Å². The minimum Gasteiger partial charge on any atom is -0.497 e. The Balaban J connectivity index is 2.12. The molecule has 0 fully saturated rings. The minimum atomic E-state index is -0.298. The molecule has 26 heavy (non-hydrogen) atoms. The Labute approximate surface area is 153 Å². The molecule has 0 aliphatic rings. The Morgan fingerprint density at radius 3 is 2.15 bits per heavy atom. The molecule has 0 saturated heterocycles. The summed E-state index contributed by atoms with van der Waals surface area (Å²) < 4.78 is 23.5. The van der Waals surface area contributed by atoms with Gasteiger partial charge in [0, 0.05) is 13.2 Å². The van der Waals surface area contributed by atoms with Crippen LogP contribution in [0.3, 0.4) is 0 Å². The van der Waals surface area contributed by atoms with Crippen LogP contribution in [0, 0.1) is 5.82 Å². The van der Waals surface area contributed by atoms with Crippen LogP contribution in [0.15, 0.2) is 48.5 Å². The van der Waals surface area contributed by atoms with Gasteiger partial charge in [-0.15, -0.1) is 0 Å². The number of ether oxygens (including phenoxy) is 2. The van der Waals surface area contributed by atoms with Crippen LogP contribution in [0.2, 0.25) is 0 Å². The fourth-order valence-corrected chi connectivity index (χ4v) is 2.69. The zero-order valence-electron chi connectivity index (χ0n) is 15.3. The second kappa shape index (κ2) is 9.89. The molecule has 0 bridgehead atoms. The van der Waals surface area contributed by atoms with Gasteiger partial charge in [-0.05, 0) is 42.3 Å². The third-order valence-electron chi connectivity index (χ3n) is 3.94. The standard InChI is InChI=1S/C20H25FN2O3/c1-14(13-25-2)23-19(24)12-22-20(15-4-8-17(21)9-5-15)16-6-10-18(26-3)11-7-16/h4-11,14,20,22H,12-13H2,1-3H3,(H,23,24)/t14-,20-/m0/s1. The lowest BCUT2D eigenvalue weighted by Crippen LogP contribution is -2.42. The Kier molecular flexibility index (Phi) is 7.56. The van der Waals surface area contributed by atoms with Crippen molar-refractivity contribution in [2.24, 2.45) is 0 Å². The van der Waals surface area contributed by atoms with Crippen LogP contribution in [-0.4, -0.2) is 39.3 Å². The number of carbonyl (C=O) groups is 1. The highest BCUT2D eigenvalue weighted by atomic mass is 19.1. The zero-order valence-corrected chi connectivity index (χ0v) is 15.3. The van der Waals surface area contributed by atoms with Gasteiger partial charge in [-0.1, -0.05) is 24.3 Å². The van der Waals surface area contributed by atoms with E-state index in [1.807, 2.05) is 31.2 Å². The summed E-state index contributed by atoms with van der Waals surface area (Å²) in [6, 6.07) is 13.5. The molecule has 1 amide bonds. The summed E-state index contributed by atoms with van der Waals surface area (Å²) in [5.74, 6) is 0.321. The molecule has 6 heteroatoms. The first-order valence-corrected chi connectivity index (χ1v) is 8.44. The average molecular weight is 360 g/mol. The van der Waals surface area contributed by atoms with E-state index in [0.717, 1.165) is 16.9 Å². The summed E-state index contributed by atoms with van der Waals surface area (Å²) in [4.78, 5) is 12.1. The minimum absolute atomic E-state index is 0.0699. The smallest absolute Gasteiger partial charge is 0.234 e. The van der Waals surface area contributed by atoms with E-state index < -0.39 is 0 Å². The maximum Gasteiger partial charge on any atom is 0.234 e. The van der Waals surface area contributed by atoms with Gasteiger partial charge < -0.3 is 14.8 Å². The van der Waals surface area contributed by atoms with Gasteiger partial charge in [0.05, 0.1) is 26.3 Å². The summed E-state index contributed by atoms with van der Waals surface area (Å²) in [6.07, 6.45) is 0. The number of nitrogens with one attached hydrogen (secondary N) is 2. The zero-order chi connectivity index (χ0) is 18.9. The first kappa shape index (κ1) is 19.9. The van der Waals surface area contributed by atoms with Gasteiger partial charge in [0.2, 0.25) is 5.91 Å². The molecule has 0 heterocycles. The van der Waals surface area contributed by atoms with Crippen molar-refractivity contribution in [3.8, 4) is 5.75 Å². The fraction of sp³-hybridized carbons (Fsp3) is 0.350. The van der Waals surface area contributed by atoms with Crippen LogP contribution in [-0.2, 0) is 9.53 Å². The topological polar surface area (TPSA) is 59.6 Å². The molecule has 0 radical (unpaired) electrons. The van der Waals surface area contributed by atoms with Crippen LogP contribution >= 0.6 is 0 Å². The summed E-state index contributed by atoms with van der Waals surface area (Å²) in [6.45, 7) is 2.45. The van der Waals surface area contributed by atoms with E-state index in [9.17, 15) is 9.18 Å². The molecule has 140 valence electrons. The number of rotatable bonds is 9. The van der Waals surface area contributed by atoms with Crippen molar-refractivity contribution in [3.05, 3.63) is 65.5 Å². The van der Waals surface area contributed by atoms with Crippen LogP contribution < -0.4 is 15.4 Å². The van der Waals surface area contributed by atoms with Gasteiger partial charge in [-0.3, -0.25) is 10.1 Å². The number of hydrogen-bond donors (Lipinski definition) is 2. The second-order valence-corrected chi connectivity index (χ2v) is 6.06. The molecule has 5 nitrogen and oxygen atoms in total. The van der Waals surface area contributed by atoms with Crippen molar-refractivity contribution in [3.63, 3.8) is 0 Å². The van der Waals surface area contributed by atoms with Gasteiger partial charge in [0.25, 0.3) is 0 Å². The molecule has 2 aromatic carbocycles. The van der Waals surface area contributed by atoms with Crippen molar-refractivity contribution in [2.45, 2.75) is 19.0 Å². The van der Waals surface area contributed by atoms with Crippen molar-refractivity contribution < 1.29 is 18.7 Å². The SMILES string of the molecule is COC[C@H](C)NC(=O)CN[C@@H](c1ccc(F)cc1)c1ccc(OC)cc1. The molecule has 2 N–H and O–H groups in total. The predicted octanol–water partition coefficient (Wildman–Crippen LogP) is 2.66. The van der Waals surface area contributed by atoms with Gasteiger partial charge in [0.1, 0.15) is 11.6 Å². The molecule has 2 rings (SSSR count). The summed E-state index contributed by atoms with van der Waals surface area (Å²) >= 11 is 0. The largest absolute Gasteiger partial charge is 0.497 e. The average Bonchev–Trinajstić information content (AvgIpc) is 2.64. The van der Waals surface area contributed by atoms with Crippen molar-refractivity contribution >= 4 is 5.91 Å². The Bertz CT molecular complexity index is 689. The third-order valence-corrected chi connectivity index (χ3v) is 3.94. The van der Waals surface area contributed by atoms with Crippen molar-refractivity contribution in [1.82, 2.24) is 10.6 Å². The first-order chi connectivity index (χ1) is 12.5. The number of hydrogen-bond acceptors (Lipinski definition) is 4. The van der Waals surface area contributed by atoms with E-state index in [0.29, 0.717) is 6.61 Å². The summed E-state index contributed by atoms with van der Waals surface area (Å²) in [7, 11) is 3.20. The highest BCUT2D eigenvalue weighted by Gasteiger charge is 2.16. The van der Waals surface area contributed by atoms with Gasteiger partial charge in [-0.2, -0.15) is 0 Å². The van der Waals surface area contributed by atoms with E-state index in [2.05, 4.69) is 10.6 Å². The number of benzene rings is 2. The molecular weight excluding hydrogens is 335 g/mol. The summed E-state index contributed by atoms with van der Waals surface area (Å²) in [5, 5.41) is 6.10. The lowest BCUT2D eigenvalue weighted by Gasteiger charge is -2.21. The van der Waals surface area contributed by atoms with Crippen LogP contribution in [0.4, 0.5) is 4.39 Å². The Morgan fingerprint density at radius 2 is 1.62 bits per heavy atom. The number of methoxy groups -OCH3 is 2. The van der Waals surface area contributed by atoms with Crippen LogP contribution in [0.1, 0.15) is 24.1 Å². The first-order valence-electron chi connectivity index (χ1n) is 8.44. The lowest BCUT2D eigenvalue weighted by atomic mass is 9.98. The molecule has 0 unspecified atom stereocenters. The molecule has 2 aromatic rings. The lowest BCUT2D eigenvalue weighted by molar-refractivity contribution is -0.121. The van der Waals surface area contributed by atoms with Gasteiger partial charge >= 0.3 is 0 Å². The maximum absolute atomic E-state index is 13.3. The van der Waals surface area contributed by atoms with Crippen molar-refractivity contribution in [2.75, 3.05) is 27.4 Å². The molecule has 0 aliphatic heterocycles. The molecule has 0 aromatic heterocycles. The number of halogens is 1. The second-order valence-electron chi connectivity index (χ2n) is 6.06. The van der Waals surface area contributed by atoms with E-state index >= 15 is 0 Å². The van der Waals surface area contributed by atoms with E-state index in [4.69, 9.17) is 9.47 Å². The highest BCUT2D eigenvalue weighted by molar-refractivity contribution is 5.78. The normalized spacial score (nSPS) is 13.1. The van der Waals surface area contributed by atoms with Crippen molar-refractivity contribution in [1.29, 1.82) is 0 Å². The van der Waals surface area contributed by atoms with E-state index in [1.54, 1.807) is 26.4 Å². The highest BCUT2D eigenvalue weighted by Crippen LogP contribution is 2.24. The molecular formula is C20H25FN2O3. The Morgan fingerprint density at radius 1 is 1.04 bits per heavy atom. The molecule has 0 spiro atoms. The van der Waals surface area contributed by atoms with Gasteiger partial charge in [-0.25, -0.2) is 4.39 Å². The van der Waals surface area contributed by atoms with E-state index in [-0.39, 0.29) is 30.4 Å². The fourth-order valence-electron chi connectivity index (χ4n) is 2.69. The van der Waals surface area contributed by atoms with Crippen LogP contribution in [0.5, 0.6) is 5.75 Å². The maximum atomic E-state index is 13.3. The number of amides is 1. The molecule has 0 aliphatic carbocycles.